The Morgan fingerprint density at radius 2 is 1.55 bits per heavy atom. The van der Waals surface area contributed by atoms with E-state index in [4.69, 9.17) is 11.5 Å². The summed E-state index contributed by atoms with van der Waals surface area (Å²) >= 11 is 0. The van der Waals surface area contributed by atoms with Gasteiger partial charge in [0.15, 0.2) is 0 Å². The zero-order valence-electron chi connectivity index (χ0n) is 6.40. The minimum atomic E-state index is -0.296. The van der Waals surface area contributed by atoms with E-state index in [1.165, 1.54) is 5.30 Å². The van der Waals surface area contributed by atoms with Gasteiger partial charge in [-0.1, -0.05) is 30.3 Å². The highest BCUT2D eigenvalue weighted by atomic mass is 31.1. The monoisotopic (exact) mass is 168 g/mol. The van der Waals surface area contributed by atoms with E-state index >= 15 is 0 Å². The van der Waals surface area contributed by atoms with Gasteiger partial charge in [0, 0.05) is 12.6 Å². The summed E-state index contributed by atoms with van der Waals surface area (Å²) in [6, 6.07) is 10.2. The lowest BCUT2D eigenvalue weighted by Crippen LogP contribution is -2.14. The minimum absolute atomic E-state index is 0.296. The summed E-state index contributed by atoms with van der Waals surface area (Å²) in [6.07, 6.45) is 1.38. The van der Waals surface area contributed by atoms with Crippen molar-refractivity contribution in [2.24, 2.45) is 11.5 Å². The summed E-state index contributed by atoms with van der Waals surface area (Å²) in [5.41, 5.74) is 11.1. The molecule has 0 heterocycles. The summed E-state index contributed by atoms with van der Waals surface area (Å²) < 4.78 is 0. The molecule has 0 amide bonds. The van der Waals surface area contributed by atoms with Gasteiger partial charge in [-0.25, -0.2) is 0 Å². The molecule has 1 aromatic carbocycles. The van der Waals surface area contributed by atoms with Crippen LogP contribution in [0.2, 0.25) is 0 Å². The van der Waals surface area contributed by atoms with Crippen LogP contribution in [0.3, 0.4) is 0 Å². The Morgan fingerprint density at radius 3 is 2.00 bits per heavy atom. The van der Waals surface area contributed by atoms with Crippen LogP contribution >= 0.6 is 7.92 Å². The smallest absolute Gasteiger partial charge is 0.0180 e. The maximum atomic E-state index is 5.56. The molecule has 11 heavy (non-hydrogen) atoms. The molecule has 3 heteroatoms. The van der Waals surface area contributed by atoms with E-state index in [2.05, 4.69) is 12.1 Å². The predicted octanol–water partition coefficient (Wildman–Crippen LogP) is 0.626. The first-order valence-corrected chi connectivity index (χ1v) is 5.30. The molecule has 0 aliphatic carbocycles. The van der Waals surface area contributed by atoms with Gasteiger partial charge < -0.3 is 11.5 Å². The molecule has 1 rings (SSSR count). The lowest BCUT2D eigenvalue weighted by Gasteiger charge is -2.11. The minimum Gasteiger partial charge on any atom is -0.326 e. The van der Waals surface area contributed by atoms with Gasteiger partial charge in [0.1, 0.15) is 0 Å². The van der Waals surface area contributed by atoms with Crippen molar-refractivity contribution in [1.29, 1.82) is 0 Å². The Morgan fingerprint density at radius 1 is 1.00 bits per heavy atom. The second-order valence-corrected chi connectivity index (χ2v) is 4.57. The van der Waals surface area contributed by atoms with Crippen LogP contribution in [-0.4, -0.2) is 12.6 Å². The lowest BCUT2D eigenvalue weighted by molar-refractivity contribution is 1.31. The molecular formula is C8H13N2P. The van der Waals surface area contributed by atoms with E-state index in [0.29, 0.717) is 12.6 Å². The fourth-order valence-electron chi connectivity index (χ4n) is 0.924. The fraction of sp³-hybridized carbons (Fsp3) is 0.250. The normalized spacial score (nSPS) is 10.5. The van der Waals surface area contributed by atoms with Crippen molar-refractivity contribution >= 4 is 13.2 Å². The Balaban J connectivity index is 2.74. The molecule has 4 N–H and O–H groups in total. The van der Waals surface area contributed by atoms with Crippen LogP contribution in [0.5, 0.6) is 0 Å². The SMILES string of the molecule is NCP(CN)c1ccccc1. The number of rotatable bonds is 3. The maximum absolute atomic E-state index is 5.56. The molecule has 0 aliphatic rings. The summed E-state index contributed by atoms with van der Waals surface area (Å²) in [7, 11) is -0.296. The molecular weight excluding hydrogens is 155 g/mol. The van der Waals surface area contributed by atoms with Crippen LogP contribution in [0.25, 0.3) is 0 Å². The van der Waals surface area contributed by atoms with Gasteiger partial charge >= 0.3 is 0 Å². The second kappa shape index (κ2) is 4.45. The van der Waals surface area contributed by atoms with Crippen LogP contribution in [0.1, 0.15) is 0 Å². The molecule has 0 fully saturated rings. The fourth-order valence-corrected chi connectivity index (χ4v) is 2.09. The third-order valence-electron chi connectivity index (χ3n) is 1.56. The van der Waals surface area contributed by atoms with Crippen LogP contribution in [0.15, 0.2) is 30.3 Å². The van der Waals surface area contributed by atoms with Crippen LogP contribution in [0, 0.1) is 0 Å². The van der Waals surface area contributed by atoms with Crippen LogP contribution in [0.4, 0.5) is 0 Å². The van der Waals surface area contributed by atoms with Crippen molar-refractivity contribution in [2.75, 3.05) is 12.6 Å². The first kappa shape index (κ1) is 8.66. The molecule has 0 saturated heterocycles. The number of hydrogen-bond donors (Lipinski definition) is 2. The standard InChI is InChI=1S/C8H13N2P/c9-6-11(7-10)8-4-2-1-3-5-8/h1-5H,6-7,9-10H2. The first-order chi connectivity index (χ1) is 5.38. The van der Waals surface area contributed by atoms with Crippen LogP contribution in [-0.2, 0) is 0 Å². The average molecular weight is 168 g/mol. The Hall–Kier alpha value is -0.430. The van der Waals surface area contributed by atoms with Gasteiger partial charge in [0.05, 0.1) is 0 Å². The molecule has 60 valence electrons. The average Bonchev–Trinajstić information content (AvgIpc) is 2.09. The zero-order chi connectivity index (χ0) is 8.10. The van der Waals surface area contributed by atoms with Gasteiger partial charge in [-0.15, -0.1) is 0 Å². The maximum Gasteiger partial charge on any atom is 0.0180 e. The van der Waals surface area contributed by atoms with Crippen molar-refractivity contribution in [1.82, 2.24) is 0 Å². The largest absolute Gasteiger partial charge is 0.326 e. The molecule has 0 spiro atoms. The summed E-state index contributed by atoms with van der Waals surface area (Å²) in [5, 5.41) is 1.30. The zero-order valence-corrected chi connectivity index (χ0v) is 7.30. The third kappa shape index (κ3) is 2.26. The molecule has 0 aliphatic heterocycles. The van der Waals surface area contributed by atoms with Gasteiger partial charge in [-0.05, 0) is 13.2 Å². The van der Waals surface area contributed by atoms with Crippen molar-refractivity contribution in [3.05, 3.63) is 30.3 Å². The molecule has 0 aromatic heterocycles. The van der Waals surface area contributed by atoms with E-state index in [9.17, 15) is 0 Å². The second-order valence-electron chi connectivity index (χ2n) is 2.24. The van der Waals surface area contributed by atoms with E-state index in [1.807, 2.05) is 18.2 Å². The quantitative estimate of drug-likeness (QED) is 0.650. The highest BCUT2D eigenvalue weighted by Gasteiger charge is 2.03. The lowest BCUT2D eigenvalue weighted by atomic mass is 10.4. The highest BCUT2D eigenvalue weighted by Crippen LogP contribution is 2.28. The van der Waals surface area contributed by atoms with Gasteiger partial charge in [0.2, 0.25) is 0 Å². The van der Waals surface area contributed by atoms with E-state index in [0.717, 1.165) is 0 Å². The van der Waals surface area contributed by atoms with Crippen LogP contribution < -0.4 is 16.8 Å². The Kier molecular flexibility index (Phi) is 3.50. The van der Waals surface area contributed by atoms with E-state index < -0.39 is 0 Å². The number of hydrogen-bond acceptors (Lipinski definition) is 2. The summed E-state index contributed by atoms with van der Waals surface area (Å²) in [4.78, 5) is 0. The van der Waals surface area contributed by atoms with Gasteiger partial charge in [-0.3, -0.25) is 0 Å². The highest BCUT2D eigenvalue weighted by molar-refractivity contribution is 7.65. The molecule has 1 aromatic rings. The molecule has 0 radical (unpaired) electrons. The molecule has 0 unspecified atom stereocenters. The van der Waals surface area contributed by atoms with Gasteiger partial charge in [-0.2, -0.15) is 0 Å². The summed E-state index contributed by atoms with van der Waals surface area (Å²) in [5.74, 6) is 0. The summed E-state index contributed by atoms with van der Waals surface area (Å²) in [6.45, 7) is 0. The Labute approximate surface area is 68.3 Å². The molecule has 0 atom stereocenters. The number of benzene rings is 1. The molecule has 0 bridgehead atoms. The number of nitrogens with two attached hydrogens (primary N) is 2. The van der Waals surface area contributed by atoms with Crippen molar-refractivity contribution in [3.63, 3.8) is 0 Å². The van der Waals surface area contributed by atoms with E-state index in [1.54, 1.807) is 0 Å². The predicted molar refractivity (Wildman–Crippen MR) is 51.1 cm³/mol. The van der Waals surface area contributed by atoms with E-state index in [-0.39, 0.29) is 7.92 Å². The third-order valence-corrected chi connectivity index (χ3v) is 3.47. The van der Waals surface area contributed by atoms with Crippen molar-refractivity contribution in [3.8, 4) is 0 Å². The van der Waals surface area contributed by atoms with Crippen molar-refractivity contribution < 1.29 is 0 Å². The topological polar surface area (TPSA) is 52.0 Å². The first-order valence-electron chi connectivity index (χ1n) is 3.58. The Bertz CT molecular complexity index is 197. The molecule has 0 saturated carbocycles. The van der Waals surface area contributed by atoms with Crippen molar-refractivity contribution in [2.45, 2.75) is 0 Å². The molecule has 2 nitrogen and oxygen atoms in total. The van der Waals surface area contributed by atoms with Gasteiger partial charge in [0.25, 0.3) is 0 Å².